The lowest BCUT2D eigenvalue weighted by Gasteiger charge is -2.19. The highest BCUT2D eigenvalue weighted by atomic mass is 32.2. The fourth-order valence-electron chi connectivity index (χ4n) is 1.16. The zero-order chi connectivity index (χ0) is 12.2. The molecule has 0 fully saturated rings. The van der Waals surface area contributed by atoms with Gasteiger partial charge in [-0.15, -0.1) is 0 Å². The van der Waals surface area contributed by atoms with E-state index in [1.165, 1.54) is 6.07 Å². The maximum atomic E-state index is 13.3. The second-order valence-corrected chi connectivity index (χ2v) is 5.98. The van der Waals surface area contributed by atoms with Gasteiger partial charge in [-0.05, 0) is 32.9 Å². The van der Waals surface area contributed by atoms with Crippen LogP contribution in [0, 0.1) is 5.82 Å². The highest BCUT2D eigenvalue weighted by Gasteiger charge is 2.13. The monoisotopic (exact) mass is 244 g/mol. The Bertz CT molecular complexity index is 372. The fourth-order valence-corrected chi connectivity index (χ4v) is 2.13. The van der Waals surface area contributed by atoms with Crippen molar-refractivity contribution in [1.82, 2.24) is 0 Å². The van der Waals surface area contributed by atoms with Crippen LogP contribution in [0.5, 0.6) is 0 Å². The third-order valence-electron chi connectivity index (χ3n) is 1.89. The first kappa shape index (κ1) is 13.3. The zero-order valence-corrected chi connectivity index (χ0v) is 10.6. The van der Waals surface area contributed by atoms with Crippen LogP contribution in [-0.2, 0) is 15.5 Å². The molecule has 0 saturated heterocycles. The van der Waals surface area contributed by atoms with Crippen molar-refractivity contribution < 1.29 is 13.3 Å². The first-order valence-corrected chi connectivity index (χ1v) is 6.49. The zero-order valence-electron chi connectivity index (χ0n) is 9.83. The third-order valence-corrected chi connectivity index (χ3v) is 3.24. The van der Waals surface area contributed by atoms with Crippen molar-refractivity contribution in [2.45, 2.75) is 31.3 Å². The molecule has 90 valence electrons. The smallest absolute Gasteiger partial charge is 0.139 e. The van der Waals surface area contributed by atoms with Crippen LogP contribution in [0.15, 0.2) is 29.2 Å². The number of ether oxygens (including phenoxy) is 1. The van der Waals surface area contributed by atoms with Crippen molar-refractivity contribution in [3.05, 3.63) is 30.1 Å². The van der Waals surface area contributed by atoms with E-state index in [-0.39, 0.29) is 10.5 Å². The van der Waals surface area contributed by atoms with E-state index in [1.54, 1.807) is 18.2 Å². The molecule has 1 rings (SSSR count). The number of benzene rings is 1. The molecule has 0 aliphatic heterocycles. The molecule has 0 N–H and O–H groups in total. The molecule has 0 aliphatic carbocycles. The molecule has 0 saturated carbocycles. The molecule has 0 aliphatic rings. The average Bonchev–Trinajstić information content (AvgIpc) is 2.16. The summed E-state index contributed by atoms with van der Waals surface area (Å²) in [5, 5.41) is 0. The summed E-state index contributed by atoms with van der Waals surface area (Å²) in [6, 6.07) is 6.13. The molecule has 0 radical (unpaired) electrons. The fraction of sp³-hybridized carbons (Fsp3) is 0.500. The molecule has 0 aromatic heterocycles. The van der Waals surface area contributed by atoms with Crippen molar-refractivity contribution in [1.29, 1.82) is 0 Å². The molecule has 16 heavy (non-hydrogen) atoms. The molecule has 2 nitrogen and oxygen atoms in total. The van der Waals surface area contributed by atoms with Gasteiger partial charge < -0.3 is 4.74 Å². The normalized spacial score (nSPS) is 13.8. The summed E-state index contributed by atoms with van der Waals surface area (Å²) in [5.41, 5.74) is -0.251. The van der Waals surface area contributed by atoms with Gasteiger partial charge in [0.15, 0.2) is 0 Å². The van der Waals surface area contributed by atoms with Crippen molar-refractivity contribution >= 4 is 10.8 Å². The maximum absolute atomic E-state index is 13.3. The van der Waals surface area contributed by atoms with Gasteiger partial charge in [0, 0.05) is 0 Å². The second kappa shape index (κ2) is 5.55. The van der Waals surface area contributed by atoms with Crippen LogP contribution in [0.25, 0.3) is 0 Å². The first-order valence-electron chi connectivity index (χ1n) is 5.17. The van der Waals surface area contributed by atoms with Crippen molar-refractivity contribution in [3.8, 4) is 0 Å². The maximum Gasteiger partial charge on any atom is 0.139 e. The second-order valence-electron chi connectivity index (χ2n) is 4.44. The van der Waals surface area contributed by atoms with E-state index < -0.39 is 16.6 Å². The molecule has 0 bridgehead atoms. The summed E-state index contributed by atoms with van der Waals surface area (Å²) in [6.07, 6.45) is 0. The number of halogens is 1. The Morgan fingerprint density at radius 3 is 2.50 bits per heavy atom. The molecule has 1 unspecified atom stereocenters. The molecule has 0 amide bonds. The van der Waals surface area contributed by atoms with Crippen LogP contribution < -0.4 is 0 Å². The van der Waals surface area contributed by atoms with Crippen molar-refractivity contribution in [3.63, 3.8) is 0 Å². The summed E-state index contributed by atoms with van der Waals surface area (Å²) in [7, 11) is -1.33. The summed E-state index contributed by atoms with van der Waals surface area (Å²) in [5.74, 6) is -0.102. The summed E-state index contributed by atoms with van der Waals surface area (Å²) < 4.78 is 30.5. The Labute approximate surface area is 98.3 Å². The lowest BCUT2D eigenvalue weighted by atomic mass is 10.2. The van der Waals surface area contributed by atoms with Crippen LogP contribution >= 0.6 is 0 Å². The van der Waals surface area contributed by atoms with E-state index >= 15 is 0 Å². The predicted octanol–water partition coefficient (Wildman–Crippen LogP) is 2.75. The van der Waals surface area contributed by atoms with Crippen LogP contribution in [0.3, 0.4) is 0 Å². The Balaban J connectivity index is 2.51. The molecule has 1 atom stereocenters. The Hall–Kier alpha value is -0.740. The highest BCUT2D eigenvalue weighted by Crippen LogP contribution is 2.13. The summed E-state index contributed by atoms with van der Waals surface area (Å²) in [4.78, 5) is 0.250. The van der Waals surface area contributed by atoms with Gasteiger partial charge in [-0.1, -0.05) is 12.1 Å². The van der Waals surface area contributed by atoms with E-state index in [9.17, 15) is 8.60 Å². The molecule has 0 spiro atoms. The minimum atomic E-state index is -1.33. The SMILES string of the molecule is CC(C)(C)OCCS(=O)c1ccccc1F. The van der Waals surface area contributed by atoms with Gasteiger partial charge in [-0.3, -0.25) is 4.21 Å². The quantitative estimate of drug-likeness (QED) is 0.814. The minimum absolute atomic E-state index is 0.250. The molecular weight excluding hydrogens is 227 g/mol. The molecule has 0 heterocycles. The van der Waals surface area contributed by atoms with Gasteiger partial charge in [0.1, 0.15) is 5.82 Å². The Morgan fingerprint density at radius 2 is 1.94 bits per heavy atom. The Kier molecular flexibility index (Phi) is 4.62. The largest absolute Gasteiger partial charge is 0.375 e. The minimum Gasteiger partial charge on any atom is -0.375 e. The highest BCUT2D eigenvalue weighted by molar-refractivity contribution is 7.85. The van der Waals surface area contributed by atoms with E-state index in [0.717, 1.165) is 0 Å². The average molecular weight is 244 g/mol. The van der Waals surface area contributed by atoms with Crippen LogP contribution in [0.1, 0.15) is 20.8 Å². The van der Waals surface area contributed by atoms with Crippen molar-refractivity contribution in [2.75, 3.05) is 12.4 Å². The number of hydrogen-bond donors (Lipinski definition) is 0. The molecule has 1 aromatic carbocycles. The topological polar surface area (TPSA) is 26.3 Å². The predicted molar refractivity (Wildman–Crippen MR) is 63.4 cm³/mol. The van der Waals surface area contributed by atoms with Gasteiger partial charge in [0.2, 0.25) is 0 Å². The third kappa shape index (κ3) is 4.41. The molecular formula is C12H17FO2S. The van der Waals surface area contributed by atoms with Gasteiger partial charge >= 0.3 is 0 Å². The number of rotatable bonds is 4. The van der Waals surface area contributed by atoms with E-state index in [0.29, 0.717) is 12.4 Å². The van der Waals surface area contributed by atoms with E-state index in [2.05, 4.69) is 0 Å². The van der Waals surface area contributed by atoms with Crippen molar-refractivity contribution in [2.24, 2.45) is 0 Å². The molecule has 4 heteroatoms. The summed E-state index contributed by atoms with van der Waals surface area (Å²) >= 11 is 0. The molecule has 1 aromatic rings. The standard InChI is InChI=1S/C12H17FO2S/c1-12(2,3)15-8-9-16(14)11-7-5-4-6-10(11)13/h4-7H,8-9H2,1-3H3. The van der Waals surface area contributed by atoms with Gasteiger partial charge in [-0.2, -0.15) is 0 Å². The van der Waals surface area contributed by atoms with Gasteiger partial charge in [-0.25, -0.2) is 4.39 Å². The lowest BCUT2D eigenvalue weighted by Crippen LogP contribution is -2.22. The van der Waals surface area contributed by atoms with E-state index in [4.69, 9.17) is 4.74 Å². The lowest BCUT2D eigenvalue weighted by molar-refractivity contribution is 0.00668. The van der Waals surface area contributed by atoms with Gasteiger partial charge in [0.25, 0.3) is 0 Å². The van der Waals surface area contributed by atoms with E-state index in [1.807, 2.05) is 20.8 Å². The van der Waals surface area contributed by atoms with Crippen LogP contribution in [0.2, 0.25) is 0 Å². The summed E-state index contributed by atoms with van der Waals surface area (Å²) in [6.45, 7) is 6.15. The Morgan fingerprint density at radius 1 is 1.31 bits per heavy atom. The van der Waals surface area contributed by atoms with Gasteiger partial charge in [0.05, 0.1) is 33.7 Å². The first-order chi connectivity index (χ1) is 7.40. The number of hydrogen-bond acceptors (Lipinski definition) is 2. The van der Waals surface area contributed by atoms with Crippen LogP contribution in [0.4, 0.5) is 4.39 Å². The van der Waals surface area contributed by atoms with Crippen LogP contribution in [-0.4, -0.2) is 22.2 Å².